The first-order valence-electron chi connectivity index (χ1n) is 7.87. The van der Waals surface area contributed by atoms with Gasteiger partial charge in [-0.1, -0.05) is 43.7 Å². The van der Waals surface area contributed by atoms with Gasteiger partial charge in [-0.15, -0.1) is 0 Å². The van der Waals surface area contributed by atoms with Gasteiger partial charge in [-0.2, -0.15) is 0 Å². The first kappa shape index (κ1) is 16.7. The van der Waals surface area contributed by atoms with Crippen LogP contribution in [0.2, 0.25) is 0 Å². The Labute approximate surface area is 136 Å². The number of amides is 2. The zero-order chi connectivity index (χ0) is 16.7. The van der Waals surface area contributed by atoms with Crippen molar-refractivity contribution < 1.29 is 9.59 Å². The molecule has 2 aromatic carbocycles. The number of nitrogens with one attached hydrogen (secondary N) is 2. The zero-order valence-corrected chi connectivity index (χ0v) is 13.6. The van der Waals surface area contributed by atoms with Crippen molar-refractivity contribution in [1.82, 2.24) is 0 Å². The molecule has 0 saturated heterocycles. The molecule has 4 nitrogen and oxygen atoms in total. The van der Waals surface area contributed by atoms with Crippen molar-refractivity contribution in [3.63, 3.8) is 0 Å². The largest absolute Gasteiger partial charge is 0.318 e. The molecule has 2 rings (SSSR count). The van der Waals surface area contributed by atoms with Gasteiger partial charge in [0.15, 0.2) is 0 Å². The van der Waals surface area contributed by atoms with Crippen LogP contribution in [0.3, 0.4) is 0 Å². The number of para-hydroxylation sites is 1. The molecule has 0 aliphatic heterocycles. The van der Waals surface area contributed by atoms with Crippen LogP contribution in [0.25, 0.3) is 0 Å². The van der Waals surface area contributed by atoms with Crippen molar-refractivity contribution >= 4 is 23.2 Å². The van der Waals surface area contributed by atoms with Crippen LogP contribution in [0.5, 0.6) is 0 Å². The highest BCUT2D eigenvalue weighted by molar-refractivity contribution is 6.43. The molecular formula is C19H22N2O2. The molecule has 0 fully saturated rings. The molecule has 0 aromatic heterocycles. The van der Waals surface area contributed by atoms with E-state index in [4.69, 9.17) is 0 Å². The lowest BCUT2D eigenvalue weighted by Crippen LogP contribution is -2.29. The summed E-state index contributed by atoms with van der Waals surface area (Å²) in [6.45, 7) is 4.03. The highest BCUT2D eigenvalue weighted by Crippen LogP contribution is 2.14. The van der Waals surface area contributed by atoms with Gasteiger partial charge in [-0.25, -0.2) is 0 Å². The third-order valence-electron chi connectivity index (χ3n) is 3.63. The molecule has 2 N–H and O–H groups in total. The number of aryl methyl sites for hydroxylation is 2. The Morgan fingerprint density at radius 1 is 0.913 bits per heavy atom. The summed E-state index contributed by atoms with van der Waals surface area (Å²) in [7, 11) is 0. The Balaban J connectivity index is 1.93. The topological polar surface area (TPSA) is 58.2 Å². The summed E-state index contributed by atoms with van der Waals surface area (Å²) in [5.74, 6) is -1.34. The highest BCUT2D eigenvalue weighted by Gasteiger charge is 2.14. The molecule has 2 aromatic rings. The van der Waals surface area contributed by atoms with Gasteiger partial charge in [0.1, 0.15) is 0 Å². The lowest BCUT2D eigenvalue weighted by Gasteiger charge is -2.09. The molecule has 0 spiro atoms. The lowest BCUT2D eigenvalue weighted by atomic mass is 10.1. The predicted molar refractivity (Wildman–Crippen MR) is 93.5 cm³/mol. The summed E-state index contributed by atoms with van der Waals surface area (Å²) in [4.78, 5) is 23.9. The zero-order valence-electron chi connectivity index (χ0n) is 13.6. The van der Waals surface area contributed by atoms with E-state index in [1.54, 1.807) is 6.07 Å². The van der Waals surface area contributed by atoms with E-state index >= 15 is 0 Å². The van der Waals surface area contributed by atoms with Gasteiger partial charge in [0.25, 0.3) is 0 Å². The van der Waals surface area contributed by atoms with E-state index in [9.17, 15) is 9.59 Å². The number of benzene rings is 2. The second-order valence-corrected chi connectivity index (χ2v) is 5.52. The fourth-order valence-corrected chi connectivity index (χ4v) is 2.22. The van der Waals surface area contributed by atoms with Crippen molar-refractivity contribution in [2.45, 2.75) is 33.1 Å². The Morgan fingerprint density at radius 2 is 1.57 bits per heavy atom. The fraction of sp³-hybridized carbons (Fsp3) is 0.263. The second-order valence-electron chi connectivity index (χ2n) is 5.52. The van der Waals surface area contributed by atoms with Gasteiger partial charge in [0.05, 0.1) is 0 Å². The molecule has 0 unspecified atom stereocenters. The maximum Gasteiger partial charge on any atom is 0.314 e. The van der Waals surface area contributed by atoms with Crippen molar-refractivity contribution in [2.24, 2.45) is 0 Å². The molecule has 23 heavy (non-hydrogen) atoms. The van der Waals surface area contributed by atoms with Crippen LogP contribution in [0.4, 0.5) is 11.4 Å². The van der Waals surface area contributed by atoms with E-state index in [1.165, 1.54) is 5.56 Å². The molecule has 2 amide bonds. The minimum Gasteiger partial charge on any atom is -0.318 e. The molecule has 0 saturated carbocycles. The van der Waals surface area contributed by atoms with Crippen LogP contribution < -0.4 is 10.6 Å². The maximum atomic E-state index is 12.0. The normalized spacial score (nSPS) is 10.2. The highest BCUT2D eigenvalue weighted by atomic mass is 16.2. The number of hydrogen-bond donors (Lipinski definition) is 2. The van der Waals surface area contributed by atoms with Crippen LogP contribution in [0.1, 0.15) is 30.9 Å². The molecule has 0 heterocycles. The van der Waals surface area contributed by atoms with Gasteiger partial charge in [0, 0.05) is 11.4 Å². The minimum absolute atomic E-state index is 0.621. The van der Waals surface area contributed by atoms with Crippen molar-refractivity contribution in [1.29, 1.82) is 0 Å². The molecule has 4 heteroatoms. The van der Waals surface area contributed by atoms with Crippen LogP contribution >= 0.6 is 0 Å². The van der Waals surface area contributed by atoms with Crippen LogP contribution in [0.15, 0.2) is 48.5 Å². The van der Waals surface area contributed by atoms with Gasteiger partial charge >= 0.3 is 11.8 Å². The summed E-state index contributed by atoms with van der Waals surface area (Å²) in [6, 6.07) is 14.9. The van der Waals surface area contributed by atoms with E-state index in [0.29, 0.717) is 11.4 Å². The van der Waals surface area contributed by atoms with Crippen LogP contribution in [0, 0.1) is 6.92 Å². The van der Waals surface area contributed by atoms with E-state index in [-0.39, 0.29) is 0 Å². The van der Waals surface area contributed by atoms with Crippen molar-refractivity contribution in [3.8, 4) is 0 Å². The number of unbranched alkanes of at least 4 members (excludes halogenated alkanes) is 1. The monoisotopic (exact) mass is 310 g/mol. The first-order chi connectivity index (χ1) is 11.1. The second kappa shape index (κ2) is 8.13. The van der Waals surface area contributed by atoms with Gasteiger partial charge in [0.2, 0.25) is 0 Å². The fourth-order valence-electron chi connectivity index (χ4n) is 2.22. The first-order valence-corrected chi connectivity index (χ1v) is 7.87. The quantitative estimate of drug-likeness (QED) is 0.822. The smallest absolute Gasteiger partial charge is 0.314 e. The standard InChI is InChI=1S/C19H22N2O2/c1-3-4-8-15-10-12-16(13-11-15)20-18(22)19(23)21-17-9-6-5-7-14(17)2/h5-7,9-13H,3-4,8H2,1-2H3,(H,20,22)(H,21,23). The number of anilines is 2. The van der Waals surface area contributed by atoms with Crippen molar-refractivity contribution in [2.75, 3.05) is 10.6 Å². The predicted octanol–water partition coefficient (Wildman–Crippen LogP) is 3.91. The Kier molecular flexibility index (Phi) is 5.92. The SMILES string of the molecule is CCCCc1ccc(NC(=O)C(=O)Nc2ccccc2C)cc1. The number of hydrogen-bond acceptors (Lipinski definition) is 2. The third-order valence-corrected chi connectivity index (χ3v) is 3.63. The summed E-state index contributed by atoms with van der Waals surface area (Å²) < 4.78 is 0. The summed E-state index contributed by atoms with van der Waals surface area (Å²) in [5, 5.41) is 5.23. The molecule has 120 valence electrons. The van der Waals surface area contributed by atoms with E-state index in [0.717, 1.165) is 24.8 Å². The van der Waals surface area contributed by atoms with Crippen molar-refractivity contribution in [3.05, 3.63) is 59.7 Å². The number of rotatable bonds is 5. The number of carbonyl (C=O) groups is 2. The Hall–Kier alpha value is -2.62. The lowest BCUT2D eigenvalue weighted by molar-refractivity contribution is -0.133. The van der Waals surface area contributed by atoms with Gasteiger partial charge in [-0.05, 0) is 49.1 Å². The minimum atomic E-state index is -0.672. The van der Waals surface area contributed by atoms with E-state index < -0.39 is 11.8 Å². The summed E-state index contributed by atoms with van der Waals surface area (Å²) >= 11 is 0. The molecule has 0 radical (unpaired) electrons. The summed E-state index contributed by atoms with van der Waals surface area (Å²) in [6.07, 6.45) is 3.32. The Morgan fingerprint density at radius 3 is 2.22 bits per heavy atom. The van der Waals surface area contributed by atoms with E-state index in [1.807, 2.05) is 49.4 Å². The molecule has 0 aliphatic carbocycles. The number of carbonyl (C=O) groups excluding carboxylic acids is 2. The van der Waals surface area contributed by atoms with Gasteiger partial charge in [-0.3, -0.25) is 9.59 Å². The van der Waals surface area contributed by atoms with Crippen LogP contribution in [-0.2, 0) is 16.0 Å². The summed E-state index contributed by atoms with van der Waals surface area (Å²) in [5.41, 5.74) is 3.40. The van der Waals surface area contributed by atoms with Crippen LogP contribution in [-0.4, -0.2) is 11.8 Å². The maximum absolute atomic E-state index is 12.0. The van der Waals surface area contributed by atoms with Gasteiger partial charge < -0.3 is 10.6 Å². The third kappa shape index (κ3) is 4.95. The molecular weight excluding hydrogens is 288 g/mol. The molecule has 0 bridgehead atoms. The van der Waals surface area contributed by atoms with E-state index in [2.05, 4.69) is 17.6 Å². The average Bonchev–Trinajstić information content (AvgIpc) is 2.56. The Bertz CT molecular complexity index is 678. The molecule has 0 aliphatic rings. The molecule has 0 atom stereocenters. The average molecular weight is 310 g/mol.